The van der Waals surface area contributed by atoms with E-state index in [1.54, 1.807) is 6.08 Å². The van der Waals surface area contributed by atoms with Crippen LogP contribution in [0.4, 0.5) is 0 Å². The Morgan fingerprint density at radius 3 is 2.45 bits per heavy atom. The van der Waals surface area contributed by atoms with Crippen molar-refractivity contribution in [3.8, 4) is 5.75 Å². The highest BCUT2D eigenvalue weighted by Crippen LogP contribution is 2.18. The van der Waals surface area contributed by atoms with Crippen LogP contribution in [0.15, 0.2) is 60.4 Å². The molecule has 4 heteroatoms. The van der Waals surface area contributed by atoms with Crippen LogP contribution in [0.5, 0.6) is 5.75 Å². The number of carbonyl (C=O) groups excluding carboxylic acids is 1. The predicted molar refractivity (Wildman–Crippen MR) is 84.2 cm³/mol. The van der Waals surface area contributed by atoms with Crippen molar-refractivity contribution in [2.45, 2.75) is 6.61 Å². The molecule has 2 rings (SSSR count). The van der Waals surface area contributed by atoms with E-state index < -0.39 is 5.97 Å². The number of benzene rings is 2. The quantitative estimate of drug-likeness (QED) is 0.465. The molecule has 0 fully saturated rings. The molecule has 0 N–H and O–H groups in total. The minimum atomic E-state index is -0.516. The van der Waals surface area contributed by atoms with Crippen LogP contribution in [0.2, 0.25) is 0 Å². The van der Waals surface area contributed by atoms with Gasteiger partial charge in [0.25, 0.3) is 0 Å². The van der Waals surface area contributed by atoms with Gasteiger partial charge in [-0.05, 0) is 29.3 Å². The Balaban J connectivity index is 2.09. The van der Waals surface area contributed by atoms with Crippen molar-refractivity contribution in [2.24, 2.45) is 0 Å². The Labute approximate surface area is 129 Å². The maximum Gasteiger partial charge on any atom is 0.373 e. The lowest BCUT2D eigenvalue weighted by atomic mass is 10.2. The topological polar surface area (TPSA) is 44.8 Å². The second-order valence-electron chi connectivity index (χ2n) is 4.55. The lowest BCUT2D eigenvalue weighted by Crippen LogP contribution is -2.06. The fourth-order valence-corrected chi connectivity index (χ4v) is 1.89. The van der Waals surface area contributed by atoms with Crippen LogP contribution in [0.1, 0.15) is 11.1 Å². The van der Waals surface area contributed by atoms with Crippen molar-refractivity contribution in [3.63, 3.8) is 0 Å². The molecule has 2 aromatic rings. The average molecular weight is 298 g/mol. The van der Waals surface area contributed by atoms with E-state index in [1.165, 1.54) is 14.2 Å². The van der Waals surface area contributed by atoms with Crippen LogP contribution in [0.3, 0.4) is 0 Å². The normalized spacial score (nSPS) is 10.9. The van der Waals surface area contributed by atoms with Gasteiger partial charge < -0.3 is 14.2 Å². The van der Waals surface area contributed by atoms with Gasteiger partial charge in [-0.2, -0.15) is 0 Å². The minimum absolute atomic E-state index is 0.141. The zero-order valence-electron chi connectivity index (χ0n) is 12.6. The summed E-state index contributed by atoms with van der Waals surface area (Å²) in [4.78, 5) is 11.5. The number of methoxy groups -OCH3 is 2. The molecule has 2 aromatic carbocycles. The van der Waals surface area contributed by atoms with Gasteiger partial charge in [-0.3, -0.25) is 0 Å². The van der Waals surface area contributed by atoms with Crippen LogP contribution in [0, 0.1) is 0 Å². The zero-order chi connectivity index (χ0) is 15.8. The third kappa shape index (κ3) is 4.38. The molecule has 0 aliphatic rings. The van der Waals surface area contributed by atoms with Gasteiger partial charge >= 0.3 is 5.97 Å². The molecule has 0 amide bonds. The summed E-state index contributed by atoms with van der Waals surface area (Å²) in [5, 5.41) is 0. The van der Waals surface area contributed by atoms with Gasteiger partial charge in [0.1, 0.15) is 12.4 Å². The number of hydrogen-bond donors (Lipinski definition) is 0. The fourth-order valence-electron chi connectivity index (χ4n) is 1.89. The summed E-state index contributed by atoms with van der Waals surface area (Å²) in [6.45, 7) is 0.488. The molecule has 114 valence electrons. The highest BCUT2D eigenvalue weighted by molar-refractivity contribution is 5.91. The second-order valence-corrected chi connectivity index (χ2v) is 4.55. The Morgan fingerprint density at radius 2 is 1.77 bits per heavy atom. The minimum Gasteiger partial charge on any atom is -0.490 e. The van der Waals surface area contributed by atoms with E-state index >= 15 is 0 Å². The molecule has 0 aliphatic heterocycles. The molecule has 0 radical (unpaired) electrons. The van der Waals surface area contributed by atoms with E-state index in [9.17, 15) is 4.79 Å². The van der Waals surface area contributed by atoms with Crippen LogP contribution in [-0.4, -0.2) is 20.2 Å². The third-order valence-electron chi connectivity index (χ3n) is 3.01. The molecule has 4 nitrogen and oxygen atoms in total. The summed E-state index contributed by atoms with van der Waals surface area (Å²) in [6, 6.07) is 17.3. The SMILES string of the molecule is COC(=O)/C(=C/c1cccc(OCc2ccccc2)c1)OC. The van der Waals surface area contributed by atoms with Crippen molar-refractivity contribution in [1.29, 1.82) is 0 Å². The van der Waals surface area contributed by atoms with Crippen LogP contribution >= 0.6 is 0 Å². The van der Waals surface area contributed by atoms with Gasteiger partial charge in [0, 0.05) is 0 Å². The second kappa shape index (κ2) is 7.88. The molecule has 22 heavy (non-hydrogen) atoms. The smallest absolute Gasteiger partial charge is 0.373 e. The van der Waals surface area contributed by atoms with Crippen molar-refractivity contribution in [1.82, 2.24) is 0 Å². The standard InChI is InChI=1S/C18H18O4/c1-20-17(18(19)21-2)12-15-9-6-10-16(11-15)22-13-14-7-4-3-5-8-14/h3-12H,13H2,1-2H3/b17-12-. The summed E-state index contributed by atoms with van der Waals surface area (Å²) in [5.74, 6) is 0.346. The van der Waals surface area contributed by atoms with E-state index in [2.05, 4.69) is 4.74 Å². The van der Waals surface area contributed by atoms with E-state index in [1.807, 2.05) is 54.6 Å². The first kappa shape index (κ1) is 15.6. The predicted octanol–water partition coefficient (Wildman–Crippen LogP) is 3.43. The average Bonchev–Trinajstić information content (AvgIpc) is 2.58. The Morgan fingerprint density at radius 1 is 1.00 bits per heavy atom. The van der Waals surface area contributed by atoms with Crippen LogP contribution in [0.25, 0.3) is 6.08 Å². The number of ether oxygens (including phenoxy) is 3. The fraction of sp³-hybridized carbons (Fsp3) is 0.167. The molecule has 0 spiro atoms. The largest absolute Gasteiger partial charge is 0.490 e. The van der Waals surface area contributed by atoms with E-state index in [4.69, 9.17) is 9.47 Å². The van der Waals surface area contributed by atoms with Crippen molar-refractivity contribution in [2.75, 3.05) is 14.2 Å². The van der Waals surface area contributed by atoms with E-state index in [0.29, 0.717) is 6.61 Å². The van der Waals surface area contributed by atoms with Crippen molar-refractivity contribution >= 4 is 12.0 Å². The molecular weight excluding hydrogens is 280 g/mol. The maximum absolute atomic E-state index is 11.5. The first-order valence-corrected chi connectivity index (χ1v) is 6.83. The van der Waals surface area contributed by atoms with Crippen molar-refractivity contribution < 1.29 is 19.0 Å². The number of esters is 1. The van der Waals surface area contributed by atoms with Gasteiger partial charge in [0.15, 0.2) is 0 Å². The van der Waals surface area contributed by atoms with Gasteiger partial charge in [0.05, 0.1) is 14.2 Å². The maximum atomic E-state index is 11.5. The lowest BCUT2D eigenvalue weighted by molar-refractivity contribution is -0.139. The third-order valence-corrected chi connectivity index (χ3v) is 3.01. The molecule has 0 unspecified atom stereocenters. The Kier molecular flexibility index (Phi) is 5.60. The molecule has 0 aliphatic carbocycles. The first-order valence-electron chi connectivity index (χ1n) is 6.83. The zero-order valence-corrected chi connectivity index (χ0v) is 12.6. The van der Waals surface area contributed by atoms with Crippen LogP contribution < -0.4 is 4.74 Å². The summed E-state index contributed by atoms with van der Waals surface area (Å²) >= 11 is 0. The Hall–Kier alpha value is -2.75. The number of carbonyl (C=O) groups is 1. The van der Waals surface area contributed by atoms with Gasteiger partial charge in [-0.1, -0.05) is 42.5 Å². The summed E-state index contributed by atoms with van der Waals surface area (Å²) < 4.78 is 15.4. The van der Waals surface area contributed by atoms with Crippen LogP contribution in [-0.2, 0) is 20.9 Å². The highest BCUT2D eigenvalue weighted by Gasteiger charge is 2.09. The molecule has 0 saturated heterocycles. The summed E-state index contributed by atoms with van der Waals surface area (Å²) in [7, 11) is 2.74. The monoisotopic (exact) mass is 298 g/mol. The van der Waals surface area contributed by atoms with E-state index in [0.717, 1.165) is 16.9 Å². The number of rotatable bonds is 6. The van der Waals surface area contributed by atoms with Gasteiger partial charge in [-0.25, -0.2) is 4.79 Å². The molecule has 0 heterocycles. The molecule has 0 atom stereocenters. The van der Waals surface area contributed by atoms with E-state index in [-0.39, 0.29) is 5.76 Å². The van der Waals surface area contributed by atoms with Gasteiger partial charge in [0.2, 0.25) is 5.76 Å². The summed E-state index contributed by atoms with van der Waals surface area (Å²) in [6.07, 6.45) is 1.61. The Bertz CT molecular complexity index is 647. The van der Waals surface area contributed by atoms with Crippen molar-refractivity contribution in [3.05, 3.63) is 71.5 Å². The summed E-state index contributed by atoms with van der Waals surface area (Å²) in [5.41, 5.74) is 1.89. The molecule has 0 saturated carbocycles. The lowest BCUT2D eigenvalue weighted by Gasteiger charge is -2.08. The highest BCUT2D eigenvalue weighted by atomic mass is 16.6. The number of hydrogen-bond acceptors (Lipinski definition) is 4. The molecule has 0 bridgehead atoms. The molecule has 0 aromatic heterocycles. The van der Waals surface area contributed by atoms with Gasteiger partial charge in [-0.15, -0.1) is 0 Å². The molecular formula is C18H18O4. The first-order chi connectivity index (χ1) is 10.7.